The number of hydrogen-bond acceptors (Lipinski definition) is 5. The van der Waals surface area contributed by atoms with Crippen LogP contribution >= 0.6 is 0 Å². The molecule has 1 aromatic heterocycles. The number of aromatic nitrogens is 1. The van der Waals surface area contributed by atoms with Crippen molar-refractivity contribution >= 4 is 5.69 Å². The SMILES string of the molecule is CCOC(CCn1ccc(=O)c([N+](=O)[O-])c1)OCC. The molecule has 1 rings (SSSR count). The highest BCUT2D eigenvalue weighted by Gasteiger charge is 2.13. The molecule has 0 aromatic carbocycles. The van der Waals surface area contributed by atoms with Crippen LogP contribution in [0.1, 0.15) is 20.3 Å². The molecule has 7 heteroatoms. The number of rotatable bonds is 8. The third-order valence-corrected chi connectivity index (χ3v) is 2.48. The molecule has 0 unspecified atom stereocenters. The van der Waals surface area contributed by atoms with Gasteiger partial charge in [-0.05, 0) is 13.8 Å². The zero-order valence-corrected chi connectivity index (χ0v) is 11.1. The smallest absolute Gasteiger partial charge is 0.332 e. The van der Waals surface area contributed by atoms with Crippen LogP contribution in [0.25, 0.3) is 0 Å². The van der Waals surface area contributed by atoms with Crippen LogP contribution in [0.3, 0.4) is 0 Å². The van der Waals surface area contributed by atoms with Gasteiger partial charge in [0.1, 0.15) is 0 Å². The van der Waals surface area contributed by atoms with Gasteiger partial charge in [0.25, 0.3) is 5.43 Å². The lowest BCUT2D eigenvalue weighted by atomic mass is 10.3. The first-order chi connectivity index (χ1) is 9.08. The Labute approximate surface area is 110 Å². The summed E-state index contributed by atoms with van der Waals surface area (Å²) in [5.41, 5.74) is -1.01. The van der Waals surface area contributed by atoms with Crippen molar-refractivity contribution in [3.05, 3.63) is 38.8 Å². The van der Waals surface area contributed by atoms with Crippen molar-refractivity contribution in [3.8, 4) is 0 Å². The highest BCUT2D eigenvalue weighted by molar-refractivity contribution is 5.25. The Kier molecular flexibility index (Phi) is 6.17. The quantitative estimate of drug-likeness (QED) is 0.406. The molecule has 0 saturated carbocycles. The summed E-state index contributed by atoms with van der Waals surface area (Å²) in [5, 5.41) is 10.7. The minimum absolute atomic E-state index is 0.339. The standard InChI is InChI=1S/C12H18N2O5/c1-3-18-12(19-4-2)6-8-13-7-5-11(15)10(9-13)14(16)17/h5,7,9,12H,3-4,6,8H2,1-2H3. The molecule has 0 fully saturated rings. The fraction of sp³-hybridized carbons (Fsp3) is 0.583. The van der Waals surface area contributed by atoms with Gasteiger partial charge >= 0.3 is 5.69 Å². The van der Waals surface area contributed by atoms with Crippen molar-refractivity contribution in [2.24, 2.45) is 0 Å². The number of ether oxygens (including phenoxy) is 2. The molecule has 1 heterocycles. The Balaban J connectivity index is 2.69. The monoisotopic (exact) mass is 270 g/mol. The van der Waals surface area contributed by atoms with Gasteiger partial charge in [-0.3, -0.25) is 14.9 Å². The summed E-state index contributed by atoms with van der Waals surface area (Å²) in [4.78, 5) is 21.2. The number of nitro groups is 1. The number of pyridine rings is 1. The van der Waals surface area contributed by atoms with E-state index < -0.39 is 16.0 Å². The van der Waals surface area contributed by atoms with Gasteiger partial charge in [0.2, 0.25) is 0 Å². The lowest BCUT2D eigenvalue weighted by Crippen LogP contribution is -2.20. The predicted molar refractivity (Wildman–Crippen MR) is 69.0 cm³/mol. The van der Waals surface area contributed by atoms with Crippen LogP contribution in [0.2, 0.25) is 0 Å². The van der Waals surface area contributed by atoms with Crippen LogP contribution in [0.5, 0.6) is 0 Å². The highest BCUT2D eigenvalue weighted by atomic mass is 16.7. The van der Waals surface area contributed by atoms with E-state index in [4.69, 9.17) is 9.47 Å². The Morgan fingerprint density at radius 3 is 2.53 bits per heavy atom. The average molecular weight is 270 g/mol. The van der Waals surface area contributed by atoms with E-state index in [2.05, 4.69) is 0 Å². The van der Waals surface area contributed by atoms with Crippen LogP contribution in [0.4, 0.5) is 5.69 Å². The maximum absolute atomic E-state index is 11.3. The molecule has 19 heavy (non-hydrogen) atoms. The summed E-state index contributed by atoms with van der Waals surface area (Å²) in [7, 11) is 0. The summed E-state index contributed by atoms with van der Waals surface area (Å²) in [6, 6.07) is 1.19. The van der Waals surface area contributed by atoms with Gasteiger partial charge in [-0.15, -0.1) is 0 Å². The van der Waals surface area contributed by atoms with Crippen molar-refractivity contribution in [1.29, 1.82) is 0 Å². The number of hydrogen-bond donors (Lipinski definition) is 0. The summed E-state index contributed by atoms with van der Waals surface area (Å²) in [6.07, 6.45) is 2.97. The summed E-state index contributed by atoms with van der Waals surface area (Å²) in [5.74, 6) is 0. The van der Waals surface area contributed by atoms with E-state index in [9.17, 15) is 14.9 Å². The van der Waals surface area contributed by atoms with Crippen molar-refractivity contribution in [3.63, 3.8) is 0 Å². The van der Waals surface area contributed by atoms with Gasteiger partial charge in [-0.1, -0.05) is 0 Å². The molecule has 0 aliphatic rings. The third kappa shape index (κ3) is 4.80. The van der Waals surface area contributed by atoms with E-state index in [-0.39, 0.29) is 6.29 Å². The molecule has 0 bridgehead atoms. The third-order valence-electron chi connectivity index (χ3n) is 2.48. The van der Waals surface area contributed by atoms with Crippen LogP contribution in [-0.2, 0) is 16.0 Å². The minimum Gasteiger partial charge on any atom is -0.353 e. The molecular formula is C12H18N2O5. The molecule has 0 aliphatic carbocycles. The van der Waals surface area contributed by atoms with Gasteiger partial charge in [0.05, 0.1) is 11.1 Å². The molecule has 0 saturated heterocycles. The second kappa shape index (κ2) is 7.65. The molecule has 0 spiro atoms. The summed E-state index contributed by atoms with van der Waals surface area (Å²) >= 11 is 0. The maximum Gasteiger partial charge on any atom is 0.332 e. The number of aryl methyl sites for hydroxylation is 1. The van der Waals surface area contributed by atoms with Crippen molar-refractivity contribution < 1.29 is 14.4 Å². The highest BCUT2D eigenvalue weighted by Crippen LogP contribution is 2.07. The van der Waals surface area contributed by atoms with E-state index in [0.29, 0.717) is 26.2 Å². The molecule has 7 nitrogen and oxygen atoms in total. The lowest BCUT2D eigenvalue weighted by molar-refractivity contribution is -0.386. The van der Waals surface area contributed by atoms with Crippen LogP contribution in [0, 0.1) is 10.1 Å². The van der Waals surface area contributed by atoms with Gasteiger partial charge in [-0.2, -0.15) is 0 Å². The van der Waals surface area contributed by atoms with E-state index in [0.717, 1.165) is 0 Å². The predicted octanol–water partition coefficient (Wildman–Crippen LogP) is 1.55. The first kappa shape index (κ1) is 15.3. The van der Waals surface area contributed by atoms with Gasteiger partial charge < -0.3 is 14.0 Å². The molecular weight excluding hydrogens is 252 g/mol. The molecule has 0 amide bonds. The zero-order valence-electron chi connectivity index (χ0n) is 11.1. The topological polar surface area (TPSA) is 83.6 Å². The number of nitrogens with zero attached hydrogens (tertiary/aromatic N) is 2. The summed E-state index contributed by atoms with van der Waals surface area (Å²) < 4.78 is 12.3. The molecule has 0 aliphatic heterocycles. The van der Waals surface area contributed by atoms with E-state index >= 15 is 0 Å². The Morgan fingerprint density at radius 2 is 2.00 bits per heavy atom. The first-order valence-corrected chi connectivity index (χ1v) is 6.16. The maximum atomic E-state index is 11.3. The van der Waals surface area contributed by atoms with Crippen molar-refractivity contribution in [1.82, 2.24) is 4.57 Å². The Hall–Kier alpha value is -1.73. The van der Waals surface area contributed by atoms with Crippen LogP contribution < -0.4 is 5.43 Å². The molecule has 0 radical (unpaired) electrons. The first-order valence-electron chi connectivity index (χ1n) is 6.16. The van der Waals surface area contributed by atoms with Gasteiger partial charge in [0.15, 0.2) is 6.29 Å². The fourth-order valence-electron chi connectivity index (χ4n) is 1.63. The molecule has 0 atom stereocenters. The van der Waals surface area contributed by atoms with Crippen molar-refractivity contribution in [2.45, 2.75) is 33.1 Å². The fourth-order valence-corrected chi connectivity index (χ4v) is 1.63. The summed E-state index contributed by atoms with van der Waals surface area (Å²) in [6.45, 7) is 5.29. The van der Waals surface area contributed by atoms with Crippen molar-refractivity contribution in [2.75, 3.05) is 13.2 Å². The molecule has 1 aromatic rings. The van der Waals surface area contributed by atoms with Crippen LogP contribution in [-0.4, -0.2) is 29.0 Å². The van der Waals surface area contributed by atoms with Gasteiger partial charge in [0, 0.05) is 38.4 Å². The second-order valence-corrected chi connectivity index (χ2v) is 3.82. The van der Waals surface area contributed by atoms with E-state index in [1.165, 1.54) is 18.5 Å². The Bertz CT molecular complexity index is 465. The van der Waals surface area contributed by atoms with E-state index in [1.807, 2.05) is 13.8 Å². The lowest BCUT2D eigenvalue weighted by Gasteiger charge is -2.17. The minimum atomic E-state index is -0.679. The largest absolute Gasteiger partial charge is 0.353 e. The van der Waals surface area contributed by atoms with E-state index in [1.54, 1.807) is 4.57 Å². The van der Waals surface area contributed by atoms with Crippen LogP contribution in [0.15, 0.2) is 23.3 Å². The Morgan fingerprint density at radius 1 is 1.37 bits per heavy atom. The molecule has 106 valence electrons. The normalized spacial score (nSPS) is 10.9. The average Bonchev–Trinajstić information content (AvgIpc) is 2.37. The second-order valence-electron chi connectivity index (χ2n) is 3.82. The molecule has 0 N–H and O–H groups in total. The van der Waals surface area contributed by atoms with Gasteiger partial charge in [-0.25, -0.2) is 0 Å². The zero-order chi connectivity index (χ0) is 14.3.